The van der Waals surface area contributed by atoms with E-state index in [4.69, 9.17) is 10.5 Å². The summed E-state index contributed by atoms with van der Waals surface area (Å²) in [4.78, 5) is 14.2. The molecule has 1 fully saturated rings. The molecule has 6 nitrogen and oxygen atoms in total. The highest BCUT2D eigenvalue weighted by Gasteiger charge is 2.20. The number of carbonyl (C=O) groups excluding carboxylic acids is 1. The van der Waals surface area contributed by atoms with E-state index >= 15 is 0 Å². The van der Waals surface area contributed by atoms with Crippen LogP contribution in [0.25, 0.3) is 0 Å². The lowest BCUT2D eigenvalue weighted by Crippen LogP contribution is -2.42. The van der Waals surface area contributed by atoms with Gasteiger partial charge in [0.25, 0.3) is 0 Å². The third-order valence-electron chi connectivity index (χ3n) is 4.03. The second-order valence-electron chi connectivity index (χ2n) is 5.58. The normalized spacial score (nSPS) is 14.8. The zero-order valence-corrected chi connectivity index (χ0v) is 13.2. The van der Waals surface area contributed by atoms with Crippen LogP contribution in [0.1, 0.15) is 37.6 Å². The number of hydrogen-bond acceptors (Lipinski definition) is 4. The molecule has 0 unspecified atom stereocenters. The number of aromatic nitrogens is 1. The number of hydrogen-bond donors (Lipinski definition) is 1. The number of rotatable bonds is 6. The van der Waals surface area contributed by atoms with Crippen molar-refractivity contribution < 1.29 is 9.53 Å². The fraction of sp³-hybridized carbons (Fsp3) is 0.625. The lowest BCUT2D eigenvalue weighted by molar-refractivity contribution is -0.135. The van der Waals surface area contributed by atoms with Crippen LogP contribution in [0.15, 0.2) is 6.07 Å². The van der Waals surface area contributed by atoms with Gasteiger partial charge in [0.05, 0.1) is 18.9 Å². The first-order valence-corrected chi connectivity index (χ1v) is 7.90. The molecule has 0 bridgehead atoms. The van der Waals surface area contributed by atoms with Gasteiger partial charge in [-0.25, -0.2) is 0 Å². The maximum atomic E-state index is 12.4. The molecule has 2 N–H and O–H groups in total. The Balaban J connectivity index is 2.13. The Morgan fingerprint density at radius 2 is 2.14 bits per heavy atom. The largest absolute Gasteiger partial charge is 0.397 e. The van der Waals surface area contributed by atoms with Crippen LogP contribution in [0, 0.1) is 11.3 Å². The van der Waals surface area contributed by atoms with E-state index in [9.17, 15) is 10.1 Å². The summed E-state index contributed by atoms with van der Waals surface area (Å²) in [5, 5.41) is 9.28. The second-order valence-corrected chi connectivity index (χ2v) is 5.58. The average Bonchev–Trinajstić information content (AvgIpc) is 2.84. The Hall–Kier alpha value is -2.00. The zero-order chi connectivity index (χ0) is 15.9. The Morgan fingerprint density at radius 1 is 1.41 bits per heavy atom. The molecule has 1 amide bonds. The summed E-state index contributed by atoms with van der Waals surface area (Å²) in [7, 11) is 0. The van der Waals surface area contributed by atoms with Crippen molar-refractivity contribution in [2.45, 2.75) is 39.2 Å². The van der Waals surface area contributed by atoms with E-state index in [1.165, 1.54) is 0 Å². The third-order valence-corrected chi connectivity index (χ3v) is 4.03. The molecule has 1 aromatic rings. The Kier molecular flexibility index (Phi) is 5.84. The van der Waals surface area contributed by atoms with Gasteiger partial charge in [-0.05, 0) is 18.9 Å². The van der Waals surface area contributed by atoms with Crippen molar-refractivity contribution >= 4 is 11.6 Å². The summed E-state index contributed by atoms with van der Waals surface area (Å²) in [6.45, 7) is 4.71. The number of carbonyl (C=O) groups is 1. The van der Waals surface area contributed by atoms with E-state index in [0.29, 0.717) is 37.7 Å². The molecule has 1 aliphatic rings. The number of nitrogen functional groups attached to an aromatic ring is 1. The molecule has 22 heavy (non-hydrogen) atoms. The summed E-state index contributed by atoms with van der Waals surface area (Å²) in [6, 6.07) is 3.82. The maximum absolute atomic E-state index is 12.4. The minimum absolute atomic E-state index is 0.0205. The molecule has 1 aromatic heterocycles. The van der Waals surface area contributed by atoms with Gasteiger partial charge in [0.2, 0.25) is 5.91 Å². The van der Waals surface area contributed by atoms with Crippen molar-refractivity contribution in [3.63, 3.8) is 0 Å². The van der Waals surface area contributed by atoms with Crippen LogP contribution in [0.4, 0.5) is 5.69 Å². The van der Waals surface area contributed by atoms with Crippen LogP contribution in [0.2, 0.25) is 0 Å². The summed E-state index contributed by atoms with van der Waals surface area (Å²) >= 11 is 0. The SMILES string of the molecule is CCCCCc1c(N)cc(C#N)n1CC(=O)N1CCOCC1. The molecule has 0 aromatic carbocycles. The number of ether oxygens (including phenoxy) is 1. The van der Waals surface area contributed by atoms with Crippen LogP contribution in [0.5, 0.6) is 0 Å². The Labute approximate surface area is 131 Å². The van der Waals surface area contributed by atoms with E-state index in [2.05, 4.69) is 13.0 Å². The summed E-state index contributed by atoms with van der Waals surface area (Å²) < 4.78 is 7.05. The zero-order valence-electron chi connectivity index (χ0n) is 13.2. The smallest absolute Gasteiger partial charge is 0.242 e. The Morgan fingerprint density at radius 3 is 2.77 bits per heavy atom. The van der Waals surface area contributed by atoms with Gasteiger partial charge in [0.15, 0.2) is 0 Å². The fourth-order valence-electron chi connectivity index (χ4n) is 2.75. The molecule has 6 heteroatoms. The van der Waals surface area contributed by atoms with Crippen LogP contribution >= 0.6 is 0 Å². The summed E-state index contributed by atoms with van der Waals surface area (Å²) in [5.41, 5.74) is 8.02. The highest BCUT2D eigenvalue weighted by Crippen LogP contribution is 2.21. The van der Waals surface area contributed by atoms with Gasteiger partial charge in [-0.3, -0.25) is 4.79 Å². The fourth-order valence-corrected chi connectivity index (χ4v) is 2.75. The molecule has 120 valence electrons. The number of unbranched alkanes of at least 4 members (excludes halogenated alkanes) is 2. The molecule has 0 radical (unpaired) electrons. The monoisotopic (exact) mass is 304 g/mol. The molecule has 1 saturated heterocycles. The number of nitriles is 1. The van der Waals surface area contributed by atoms with E-state index in [1.807, 2.05) is 0 Å². The predicted octanol–water partition coefficient (Wildman–Crippen LogP) is 1.53. The van der Waals surface area contributed by atoms with Crippen molar-refractivity contribution in [2.24, 2.45) is 0 Å². The van der Waals surface area contributed by atoms with Crippen molar-refractivity contribution in [2.75, 3.05) is 32.0 Å². The average molecular weight is 304 g/mol. The molecule has 0 saturated carbocycles. The molecule has 0 aliphatic carbocycles. The number of anilines is 1. The lowest BCUT2D eigenvalue weighted by Gasteiger charge is -2.27. The summed E-state index contributed by atoms with van der Waals surface area (Å²) in [6.07, 6.45) is 4.06. The molecule has 2 heterocycles. The highest BCUT2D eigenvalue weighted by molar-refractivity contribution is 5.77. The first-order valence-electron chi connectivity index (χ1n) is 7.90. The minimum atomic E-state index is 0.0205. The van der Waals surface area contributed by atoms with E-state index in [0.717, 1.165) is 31.4 Å². The standard InChI is InChI=1S/C16H24N4O2/c1-2-3-4-5-15-14(18)10-13(11-17)20(15)12-16(21)19-6-8-22-9-7-19/h10H,2-9,12,18H2,1H3. The molecule has 0 spiro atoms. The van der Waals surface area contributed by atoms with E-state index < -0.39 is 0 Å². The minimum Gasteiger partial charge on any atom is -0.397 e. The predicted molar refractivity (Wildman–Crippen MR) is 84.2 cm³/mol. The Bertz CT molecular complexity index is 553. The van der Waals surface area contributed by atoms with Crippen LogP contribution < -0.4 is 5.73 Å². The van der Waals surface area contributed by atoms with Crippen LogP contribution in [-0.4, -0.2) is 41.7 Å². The molecule has 1 aliphatic heterocycles. The van der Waals surface area contributed by atoms with E-state index in [1.54, 1.807) is 15.5 Å². The van der Waals surface area contributed by atoms with Crippen molar-refractivity contribution in [3.05, 3.63) is 17.5 Å². The van der Waals surface area contributed by atoms with Gasteiger partial charge in [-0.15, -0.1) is 0 Å². The van der Waals surface area contributed by atoms with Gasteiger partial charge in [0.1, 0.15) is 18.3 Å². The molecule has 2 rings (SSSR count). The quantitative estimate of drug-likeness (QED) is 0.808. The molecule has 0 atom stereocenters. The number of nitrogens with two attached hydrogens (primary N) is 1. The van der Waals surface area contributed by atoms with Gasteiger partial charge in [-0.1, -0.05) is 19.8 Å². The van der Waals surface area contributed by atoms with Crippen molar-refractivity contribution in [1.82, 2.24) is 9.47 Å². The highest BCUT2D eigenvalue weighted by atomic mass is 16.5. The van der Waals surface area contributed by atoms with Crippen LogP contribution in [0.3, 0.4) is 0 Å². The number of amides is 1. The van der Waals surface area contributed by atoms with E-state index in [-0.39, 0.29) is 12.5 Å². The number of morpholine rings is 1. The molecular weight excluding hydrogens is 280 g/mol. The van der Waals surface area contributed by atoms with Gasteiger partial charge in [0, 0.05) is 18.8 Å². The topological polar surface area (TPSA) is 84.3 Å². The second kappa shape index (κ2) is 7.85. The third kappa shape index (κ3) is 3.80. The summed E-state index contributed by atoms with van der Waals surface area (Å²) in [5.74, 6) is 0.0205. The lowest BCUT2D eigenvalue weighted by atomic mass is 10.1. The van der Waals surface area contributed by atoms with Crippen molar-refractivity contribution in [1.29, 1.82) is 5.26 Å². The van der Waals surface area contributed by atoms with Gasteiger partial charge >= 0.3 is 0 Å². The van der Waals surface area contributed by atoms with Gasteiger partial charge in [-0.2, -0.15) is 5.26 Å². The maximum Gasteiger partial charge on any atom is 0.242 e. The van der Waals surface area contributed by atoms with Crippen molar-refractivity contribution in [3.8, 4) is 6.07 Å². The van der Waals surface area contributed by atoms with Gasteiger partial charge < -0.3 is 19.9 Å². The van der Waals surface area contributed by atoms with Crippen LogP contribution in [-0.2, 0) is 22.5 Å². The number of nitrogens with zero attached hydrogens (tertiary/aromatic N) is 3. The molecular formula is C16H24N4O2. The first kappa shape index (κ1) is 16.4. The first-order chi connectivity index (χ1) is 10.7.